The number of nitro benzene ring substituents is 1. The zero-order chi connectivity index (χ0) is 21.3. The number of aryl methyl sites for hydroxylation is 2. The molecule has 0 unspecified atom stereocenters. The molecule has 2 aromatic carbocycles. The van der Waals surface area contributed by atoms with Crippen LogP contribution in [0, 0.1) is 27.5 Å². The molecule has 1 amide bonds. The van der Waals surface area contributed by atoms with Gasteiger partial charge >= 0.3 is 0 Å². The molecule has 0 saturated heterocycles. The molecule has 1 aromatic heterocycles. The van der Waals surface area contributed by atoms with E-state index >= 15 is 0 Å². The van der Waals surface area contributed by atoms with Crippen molar-refractivity contribution < 1.29 is 14.9 Å². The molecule has 0 aliphatic rings. The van der Waals surface area contributed by atoms with E-state index in [0.29, 0.717) is 22.1 Å². The first-order chi connectivity index (χ1) is 13.7. The number of anilines is 2. The Balaban J connectivity index is 2.24. The van der Waals surface area contributed by atoms with Crippen molar-refractivity contribution in [1.29, 1.82) is 0 Å². The zero-order valence-corrected chi connectivity index (χ0v) is 18.1. The van der Waals surface area contributed by atoms with Gasteiger partial charge in [-0.3, -0.25) is 20.1 Å². The summed E-state index contributed by atoms with van der Waals surface area (Å²) in [6.45, 7) is 3.54. The number of carbonyl (C=O) groups is 1. The van der Waals surface area contributed by atoms with Crippen LogP contribution in [0.3, 0.4) is 0 Å². The van der Waals surface area contributed by atoms with E-state index in [2.05, 4.69) is 33.0 Å². The third kappa shape index (κ3) is 4.33. The summed E-state index contributed by atoms with van der Waals surface area (Å²) in [6, 6.07) is 9.55. The van der Waals surface area contributed by atoms with Crippen molar-refractivity contribution in [2.75, 3.05) is 5.32 Å². The molecule has 0 atom stereocenters. The van der Waals surface area contributed by atoms with Crippen LogP contribution in [0.5, 0.6) is 0 Å². The van der Waals surface area contributed by atoms with Gasteiger partial charge in [0, 0.05) is 15.3 Å². The molecule has 150 valence electrons. The van der Waals surface area contributed by atoms with Crippen LogP contribution in [0.4, 0.5) is 17.1 Å². The Labute approximate surface area is 183 Å². The first kappa shape index (κ1) is 21.0. The van der Waals surface area contributed by atoms with Crippen LogP contribution in [0.2, 0.25) is 5.02 Å². The predicted octanol–water partition coefficient (Wildman–Crippen LogP) is 4.52. The Kier molecular flexibility index (Phi) is 6.05. The molecule has 3 N–H and O–H groups in total. The van der Waals surface area contributed by atoms with Crippen LogP contribution in [-0.2, 0) is 0 Å². The Hall–Kier alpha value is -2.70. The molecule has 0 bridgehead atoms. The van der Waals surface area contributed by atoms with Gasteiger partial charge in [0.15, 0.2) is 0 Å². The van der Waals surface area contributed by atoms with Crippen LogP contribution in [0.25, 0.3) is 5.69 Å². The smallest absolute Gasteiger partial charge is 0.295 e. The number of nitrogens with one attached hydrogen (secondary N) is 2. The monoisotopic (exact) mass is 527 g/mol. The van der Waals surface area contributed by atoms with Crippen molar-refractivity contribution in [1.82, 2.24) is 15.3 Å². The number of amides is 1. The maximum atomic E-state index is 12.2. The number of hydroxylamine groups is 1. The number of aromatic nitrogens is 2. The number of hydrogen-bond acceptors (Lipinski definition) is 6. The minimum absolute atomic E-state index is 0.126. The Morgan fingerprint density at radius 1 is 1.24 bits per heavy atom. The highest BCUT2D eigenvalue weighted by atomic mass is 127. The Morgan fingerprint density at radius 2 is 1.97 bits per heavy atom. The average Bonchev–Trinajstić information content (AvgIpc) is 3.00. The molecular formula is C18H15ClIN5O4. The van der Waals surface area contributed by atoms with E-state index < -0.39 is 10.8 Å². The quantitative estimate of drug-likeness (QED) is 0.194. The fraction of sp³-hybridized carbons (Fsp3) is 0.111. The van der Waals surface area contributed by atoms with E-state index in [1.807, 2.05) is 6.07 Å². The van der Waals surface area contributed by atoms with Crippen molar-refractivity contribution in [2.24, 2.45) is 0 Å². The molecule has 29 heavy (non-hydrogen) atoms. The summed E-state index contributed by atoms with van der Waals surface area (Å²) in [4.78, 5) is 23.2. The second-order valence-corrected chi connectivity index (χ2v) is 7.83. The summed E-state index contributed by atoms with van der Waals surface area (Å²) < 4.78 is 2.34. The maximum absolute atomic E-state index is 12.2. The van der Waals surface area contributed by atoms with E-state index in [4.69, 9.17) is 16.8 Å². The van der Waals surface area contributed by atoms with Crippen LogP contribution < -0.4 is 10.8 Å². The summed E-state index contributed by atoms with van der Waals surface area (Å²) in [6.07, 6.45) is 0. The maximum Gasteiger partial charge on any atom is 0.295 e. The summed E-state index contributed by atoms with van der Waals surface area (Å²) in [5, 5.41) is 28.5. The molecule has 9 nitrogen and oxygen atoms in total. The van der Waals surface area contributed by atoms with E-state index in [-0.39, 0.29) is 22.6 Å². The van der Waals surface area contributed by atoms with E-state index in [0.717, 1.165) is 9.64 Å². The lowest BCUT2D eigenvalue weighted by atomic mass is 10.1. The van der Waals surface area contributed by atoms with Crippen LogP contribution in [0.15, 0.2) is 36.4 Å². The molecular weight excluding hydrogens is 513 g/mol. The first-order valence-corrected chi connectivity index (χ1v) is 9.69. The number of halogens is 2. The number of benzene rings is 2. The third-order valence-corrected chi connectivity index (χ3v) is 5.08. The van der Waals surface area contributed by atoms with Crippen LogP contribution >= 0.6 is 34.2 Å². The highest BCUT2D eigenvalue weighted by Crippen LogP contribution is 2.34. The fourth-order valence-electron chi connectivity index (χ4n) is 2.85. The molecule has 1 heterocycles. The molecule has 0 fully saturated rings. The summed E-state index contributed by atoms with van der Waals surface area (Å²) in [5.41, 5.74) is 3.29. The molecule has 11 heteroatoms. The summed E-state index contributed by atoms with van der Waals surface area (Å²) in [7, 11) is 0. The lowest BCUT2D eigenvalue weighted by Crippen LogP contribution is -2.20. The van der Waals surface area contributed by atoms with Gasteiger partial charge in [-0.1, -0.05) is 11.6 Å². The number of nitrogens with zero attached hydrogens (tertiary/aromatic N) is 3. The largest absolute Gasteiger partial charge is 0.354 e. The minimum atomic E-state index is -0.905. The van der Waals surface area contributed by atoms with Gasteiger partial charge in [0.25, 0.3) is 11.6 Å². The minimum Gasteiger partial charge on any atom is -0.354 e. The standard InChI is InChI=1S/C18H15ClIN5O4/c1-9-5-10(2)24(22-9)16-8-15(21-14-4-3-11(20)6-13(14)19)12(18(26)23-27)7-17(16)25(28)29/h3-8,21,27H,1-2H3,(H,23,26). The van der Waals surface area contributed by atoms with Gasteiger partial charge in [0.05, 0.1) is 32.6 Å². The molecule has 0 saturated carbocycles. The topological polar surface area (TPSA) is 122 Å². The third-order valence-electron chi connectivity index (χ3n) is 4.10. The van der Waals surface area contributed by atoms with Gasteiger partial charge in [-0.2, -0.15) is 5.10 Å². The molecule has 0 aliphatic heterocycles. The normalized spacial score (nSPS) is 10.7. The summed E-state index contributed by atoms with van der Waals surface area (Å²) >= 11 is 8.38. The van der Waals surface area contributed by atoms with Gasteiger partial charge < -0.3 is 5.32 Å². The first-order valence-electron chi connectivity index (χ1n) is 8.24. The van der Waals surface area contributed by atoms with Crippen LogP contribution in [-0.4, -0.2) is 25.8 Å². The van der Waals surface area contributed by atoms with Gasteiger partial charge in [-0.15, -0.1) is 0 Å². The fourth-order valence-corrected chi connectivity index (χ4v) is 3.76. The highest BCUT2D eigenvalue weighted by molar-refractivity contribution is 14.1. The Morgan fingerprint density at radius 3 is 2.52 bits per heavy atom. The predicted molar refractivity (Wildman–Crippen MR) is 116 cm³/mol. The number of carbonyl (C=O) groups excluding carboxylic acids is 1. The highest BCUT2D eigenvalue weighted by Gasteiger charge is 2.25. The molecule has 3 aromatic rings. The van der Waals surface area contributed by atoms with E-state index in [1.165, 1.54) is 16.2 Å². The number of rotatable bonds is 5. The van der Waals surface area contributed by atoms with Gasteiger partial charge in [-0.25, -0.2) is 10.2 Å². The van der Waals surface area contributed by atoms with E-state index in [1.54, 1.807) is 32.0 Å². The Bertz CT molecular complexity index is 1130. The van der Waals surface area contributed by atoms with Gasteiger partial charge in [0.2, 0.25) is 0 Å². The van der Waals surface area contributed by atoms with Crippen molar-refractivity contribution >= 4 is 57.2 Å². The van der Waals surface area contributed by atoms with Crippen molar-refractivity contribution in [3.63, 3.8) is 0 Å². The molecule has 3 rings (SSSR count). The summed E-state index contributed by atoms with van der Waals surface area (Å²) in [5.74, 6) is -0.905. The molecule has 0 aliphatic carbocycles. The SMILES string of the molecule is Cc1cc(C)n(-c2cc(Nc3ccc(I)cc3Cl)c(C(=O)NO)cc2[N+](=O)[O-])n1. The zero-order valence-electron chi connectivity index (χ0n) is 15.2. The number of hydrogen-bond donors (Lipinski definition) is 3. The molecule has 0 radical (unpaired) electrons. The second-order valence-electron chi connectivity index (χ2n) is 6.17. The van der Waals surface area contributed by atoms with Gasteiger partial charge in [0.1, 0.15) is 5.69 Å². The molecule has 0 spiro atoms. The van der Waals surface area contributed by atoms with Gasteiger partial charge in [-0.05, 0) is 66.8 Å². The van der Waals surface area contributed by atoms with E-state index in [9.17, 15) is 14.9 Å². The lowest BCUT2D eigenvalue weighted by Gasteiger charge is -2.15. The van der Waals surface area contributed by atoms with Crippen LogP contribution in [0.1, 0.15) is 21.7 Å². The van der Waals surface area contributed by atoms with Crippen molar-refractivity contribution in [3.05, 3.63) is 72.1 Å². The van der Waals surface area contributed by atoms with Crippen molar-refractivity contribution in [3.8, 4) is 5.69 Å². The lowest BCUT2D eigenvalue weighted by molar-refractivity contribution is -0.384. The number of nitro groups is 1. The van der Waals surface area contributed by atoms with Crippen molar-refractivity contribution in [2.45, 2.75) is 13.8 Å². The average molecular weight is 528 g/mol. The second kappa shape index (κ2) is 8.35.